The molecule has 1 amide bonds. The number of esters is 1. The van der Waals surface area contributed by atoms with Crippen molar-refractivity contribution < 1.29 is 22.7 Å². The molecule has 1 atom stereocenters. The first-order valence-corrected chi connectivity index (χ1v) is 11.3. The summed E-state index contributed by atoms with van der Waals surface area (Å²) in [7, 11) is -3.59. The molecule has 1 fully saturated rings. The number of likely N-dealkylation sites (N-methyl/N-ethyl adjacent to an activating group) is 1. The number of rotatable bonds is 8. The molecule has 29 heavy (non-hydrogen) atoms. The predicted octanol–water partition coefficient (Wildman–Crippen LogP) is 2.83. The molecular weight excluding hydrogens is 392 g/mol. The summed E-state index contributed by atoms with van der Waals surface area (Å²) >= 11 is 0. The fourth-order valence-electron chi connectivity index (χ4n) is 3.33. The van der Waals surface area contributed by atoms with E-state index in [2.05, 4.69) is 6.58 Å². The number of nitrogens with zero attached hydrogens (tertiary/aromatic N) is 2. The first kappa shape index (κ1) is 23.1. The highest BCUT2D eigenvalue weighted by Gasteiger charge is 2.31. The maximum atomic E-state index is 12.8. The number of carbonyl (C=O) groups excluding carboxylic acids is 2. The Bertz CT molecular complexity index is 848. The average molecular weight is 423 g/mol. The summed E-state index contributed by atoms with van der Waals surface area (Å²) in [5.41, 5.74) is 1.04. The lowest BCUT2D eigenvalue weighted by Crippen LogP contribution is -2.41. The third-order valence-corrected chi connectivity index (χ3v) is 6.99. The molecule has 0 saturated carbocycles. The zero-order valence-electron chi connectivity index (χ0n) is 17.4. The van der Waals surface area contributed by atoms with Crippen molar-refractivity contribution in [2.75, 3.05) is 26.2 Å². The Morgan fingerprint density at radius 2 is 1.90 bits per heavy atom. The van der Waals surface area contributed by atoms with Crippen molar-refractivity contribution in [2.45, 2.75) is 51.0 Å². The van der Waals surface area contributed by atoms with Crippen LogP contribution in [-0.4, -0.2) is 61.8 Å². The zero-order chi connectivity index (χ0) is 21.6. The molecular formula is C21H30N2O5S. The third-order valence-electron chi connectivity index (χ3n) is 4.96. The van der Waals surface area contributed by atoms with Crippen LogP contribution in [0.25, 0.3) is 0 Å². The average Bonchev–Trinajstić information content (AvgIpc) is 2.70. The van der Waals surface area contributed by atoms with E-state index >= 15 is 0 Å². The number of benzene rings is 1. The minimum absolute atomic E-state index is 0.0369. The van der Waals surface area contributed by atoms with Gasteiger partial charge in [-0.15, -0.1) is 0 Å². The number of sulfonamides is 1. The van der Waals surface area contributed by atoms with E-state index in [1.807, 2.05) is 20.8 Å². The summed E-state index contributed by atoms with van der Waals surface area (Å²) in [6, 6.07) is 5.62. The normalized spacial score (nSPS) is 17.6. The number of ether oxygens (including phenoxy) is 1. The molecule has 0 aliphatic carbocycles. The van der Waals surface area contributed by atoms with Crippen LogP contribution in [-0.2, 0) is 19.6 Å². The molecule has 1 aliphatic heterocycles. The lowest BCUT2D eigenvalue weighted by Gasteiger charge is -2.32. The Labute approximate surface area is 173 Å². The van der Waals surface area contributed by atoms with E-state index in [-0.39, 0.29) is 29.0 Å². The Balaban J connectivity index is 2.01. The maximum absolute atomic E-state index is 12.8. The van der Waals surface area contributed by atoms with Gasteiger partial charge in [0.1, 0.15) is 0 Å². The molecule has 1 saturated heterocycles. The van der Waals surface area contributed by atoms with E-state index in [1.54, 1.807) is 4.90 Å². The van der Waals surface area contributed by atoms with Crippen molar-refractivity contribution in [2.24, 2.45) is 0 Å². The van der Waals surface area contributed by atoms with Crippen molar-refractivity contribution in [3.63, 3.8) is 0 Å². The second kappa shape index (κ2) is 10.0. The highest BCUT2D eigenvalue weighted by atomic mass is 32.2. The van der Waals surface area contributed by atoms with Gasteiger partial charge in [-0.3, -0.25) is 4.79 Å². The third kappa shape index (κ3) is 5.90. The molecule has 0 spiro atoms. The molecule has 8 heteroatoms. The Morgan fingerprint density at radius 1 is 1.24 bits per heavy atom. The lowest BCUT2D eigenvalue weighted by atomic mass is 10.1. The van der Waals surface area contributed by atoms with E-state index in [1.165, 1.54) is 28.6 Å². The van der Waals surface area contributed by atoms with Crippen molar-refractivity contribution in [1.29, 1.82) is 0 Å². The number of amides is 1. The Kier molecular flexibility index (Phi) is 7.98. The standard InChI is InChI=1S/C21H30N2O5S/c1-5-22(14-16(2)3)20(24)15-28-21(25)18-9-11-19(12-10-18)29(26,27)23-13-7-6-8-17(23)4/h9-12,17H,2,5-8,13-15H2,1,3-4H3. The van der Waals surface area contributed by atoms with Crippen molar-refractivity contribution in [1.82, 2.24) is 9.21 Å². The number of carbonyl (C=O) groups is 2. The monoisotopic (exact) mass is 422 g/mol. The van der Waals surface area contributed by atoms with E-state index in [9.17, 15) is 18.0 Å². The summed E-state index contributed by atoms with van der Waals surface area (Å²) in [5, 5.41) is 0. The second-order valence-electron chi connectivity index (χ2n) is 7.43. The highest BCUT2D eigenvalue weighted by Crippen LogP contribution is 2.25. The SMILES string of the molecule is C=C(C)CN(CC)C(=O)COC(=O)c1ccc(S(=O)(=O)N2CCCCC2C)cc1. The van der Waals surface area contributed by atoms with Crippen LogP contribution in [0.15, 0.2) is 41.3 Å². The Morgan fingerprint density at radius 3 is 2.45 bits per heavy atom. The van der Waals surface area contributed by atoms with Crippen LogP contribution in [0.4, 0.5) is 0 Å². The van der Waals surface area contributed by atoms with Crippen LogP contribution in [0.5, 0.6) is 0 Å². The van der Waals surface area contributed by atoms with Gasteiger partial charge in [0.2, 0.25) is 10.0 Å². The summed E-state index contributed by atoms with van der Waals surface area (Å²) in [5.74, 6) is -0.970. The topological polar surface area (TPSA) is 84.0 Å². The van der Waals surface area contributed by atoms with E-state index in [4.69, 9.17) is 4.74 Å². The lowest BCUT2D eigenvalue weighted by molar-refractivity contribution is -0.133. The zero-order valence-corrected chi connectivity index (χ0v) is 18.2. The van der Waals surface area contributed by atoms with Gasteiger partial charge in [0.25, 0.3) is 5.91 Å². The van der Waals surface area contributed by atoms with Gasteiger partial charge < -0.3 is 9.64 Å². The summed E-state index contributed by atoms with van der Waals surface area (Å²) < 4.78 is 32.3. The summed E-state index contributed by atoms with van der Waals surface area (Å²) in [4.78, 5) is 26.1. The van der Waals surface area contributed by atoms with Gasteiger partial charge >= 0.3 is 5.97 Å². The van der Waals surface area contributed by atoms with Gasteiger partial charge in [0.05, 0.1) is 10.5 Å². The van der Waals surface area contributed by atoms with Crippen molar-refractivity contribution >= 4 is 21.9 Å². The van der Waals surface area contributed by atoms with Gasteiger partial charge in [-0.1, -0.05) is 18.6 Å². The molecule has 1 heterocycles. The molecule has 0 aromatic heterocycles. The molecule has 2 rings (SSSR count). The first-order valence-electron chi connectivity index (χ1n) is 9.88. The van der Waals surface area contributed by atoms with Crippen molar-refractivity contribution in [3.05, 3.63) is 42.0 Å². The highest BCUT2D eigenvalue weighted by molar-refractivity contribution is 7.89. The fraction of sp³-hybridized carbons (Fsp3) is 0.524. The molecule has 1 aliphatic rings. The maximum Gasteiger partial charge on any atom is 0.338 e. The minimum Gasteiger partial charge on any atom is -0.452 e. The summed E-state index contributed by atoms with van der Waals surface area (Å²) in [6.07, 6.45) is 2.72. The molecule has 1 unspecified atom stereocenters. The second-order valence-corrected chi connectivity index (χ2v) is 9.32. The number of hydrogen-bond acceptors (Lipinski definition) is 5. The first-order chi connectivity index (χ1) is 13.7. The fourth-order valence-corrected chi connectivity index (χ4v) is 5.03. The molecule has 0 bridgehead atoms. The largest absolute Gasteiger partial charge is 0.452 e. The molecule has 0 radical (unpaired) electrons. The quantitative estimate of drug-likeness (QED) is 0.475. The van der Waals surface area contributed by atoms with Crippen LogP contribution >= 0.6 is 0 Å². The van der Waals surface area contributed by atoms with E-state index < -0.39 is 16.0 Å². The van der Waals surface area contributed by atoms with Gasteiger partial charge in [-0.25, -0.2) is 13.2 Å². The van der Waals surface area contributed by atoms with Gasteiger partial charge in [-0.05, 0) is 57.9 Å². The molecule has 160 valence electrons. The van der Waals surface area contributed by atoms with E-state index in [0.29, 0.717) is 19.6 Å². The number of piperidine rings is 1. The Hall–Kier alpha value is -2.19. The molecule has 1 aromatic carbocycles. The van der Waals surface area contributed by atoms with Crippen LogP contribution < -0.4 is 0 Å². The van der Waals surface area contributed by atoms with E-state index in [0.717, 1.165) is 24.8 Å². The van der Waals surface area contributed by atoms with Crippen LogP contribution in [0.1, 0.15) is 50.4 Å². The van der Waals surface area contributed by atoms with Crippen molar-refractivity contribution in [3.8, 4) is 0 Å². The van der Waals surface area contributed by atoms with Gasteiger partial charge in [-0.2, -0.15) is 4.31 Å². The summed E-state index contributed by atoms with van der Waals surface area (Å²) in [6.45, 7) is 10.4. The van der Waals surface area contributed by atoms with Crippen LogP contribution in [0.3, 0.4) is 0 Å². The van der Waals surface area contributed by atoms with Gasteiger partial charge in [0, 0.05) is 25.7 Å². The molecule has 0 N–H and O–H groups in total. The van der Waals surface area contributed by atoms with Crippen LogP contribution in [0.2, 0.25) is 0 Å². The van der Waals surface area contributed by atoms with Crippen LogP contribution in [0, 0.1) is 0 Å². The molecule has 1 aromatic rings. The smallest absolute Gasteiger partial charge is 0.338 e. The number of hydrogen-bond donors (Lipinski definition) is 0. The molecule has 7 nitrogen and oxygen atoms in total. The minimum atomic E-state index is -3.59. The van der Waals surface area contributed by atoms with Gasteiger partial charge in [0.15, 0.2) is 6.61 Å². The predicted molar refractivity (Wildman–Crippen MR) is 111 cm³/mol.